The minimum Gasteiger partial charge on any atom is -0.338 e. The van der Waals surface area contributed by atoms with Crippen molar-refractivity contribution in [1.82, 2.24) is 9.80 Å². The van der Waals surface area contributed by atoms with E-state index in [0.717, 1.165) is 37.9 Å². The van der Waals surface area contributed by atoms with Crippen LogP contribution in [0.5, 0.6) is 0 Å². The Labute approximate surface area is 141 Å². The first-order valence-electron chi connectivity index (χ1n) is 8.32. The summed E-state index contributed by atoms with van der Waals surface area (Å²) in [5.41, 5.74) is -0.0643. The molecule has 0 saturated carbocycles. The number of hydrogen-bond acceptors (Lipinski definition) is 2. The van der Waals surface area contributed by atoms with Crippen LogP contribution in [-0.2, 0) is 17.4 Å². The van der Waals surface area contributed by atoms with Gasteiger partial charge in [-0.3, -0.25) is 4.79 Å². The molecule has 0 bridgehead atoms. The zero-order valence-electron chi connectivity index (χ0n) is 14.4. The Bertz CT molecular complexity index is 554. The van der Waals surface area contributed by atoms with Gasteiger partial charge in [0.15, 0.2) is 0 Å². The van der Waals surface area contributed by atoms with Crippen molar-refractivity contribution >= 4 is 5.91 Å². The standard InChI is InChI=1S/C18H25F3N2O/c1-13(22(2)3)16-6-4-5-11-23(16)17(24)12-14-7-9-15(10-8-14)18(19,20)21/h7-10,13,16H,4-6,11-12H2,1-3H3. The van der Waals surface area contributed by atoms with Gasteiger partial charge in [0, 0.05) is 18.6 Å². The van der Waals surface area contributed by atoms with Gasteiger partial charge in [-0.1, -0.05) is 12.1 Å². The molecule has 1 aromatic carbocycles. The van der Waals surface area contributed by atoms with Crippen LogP contribution in [0.1, 0.15) is 37.3 Å². The lowest BCUT2D eigenvalue weighted by Gasteiger charge is -2.41. The SMILES string of the molecule is CC(C1CCCCN1C(=O)Cc1ccc(C(F)(F)F)cc1)N(C)C. The highest BCUT2D eigenvalue weighted by molar-refractivity contribution is 5.79. The molecule has 24 heavy (non-hydrogen) atoms. The van der Waals surface area contributed by atoms with E-state index in [1.165, 1.54) is 12.1 Å². The van der Waals surface area contributed by atoms with Crippen LogP contribution in [-0.4, -0.2) is 48.4 Å². The van der Waals surface area contributed by atoms with Crippen LogP contribution >= 0.6 is 0 Å². The van der Waals surface area contributed by atoms with Crippen molar-refractivity contribution in [2.75, 3.05) is 20.6 Å². The van der Waals surface area contributed by atoms with E-state index in [4.69, 9.17) is 0 Å². The number of amides is 1. The minimum atomic E-state index is -4.35. The molecule has 0 spiro atoms. The Morgan fingerprint density at radius 3 is 2.42 bits per heavy atom. The molecule has 6 heteroatoms. The number of alkyl halides is 3. The van der Waals surface area contributed by atoms with E-state index in [0.29, 0.717) is 5.56 Å². The van der Waals surface area contributed by atoms with E-state index in [2.05, 4.69) is 11.8 Å². The molecule has 0 aromatic heterocycles. The van der Waals surface area contributed by atoms with Crippen LogP contribution in [0, 0.1) is 0 Å². The molecule has 1 fully saturated rings. The predicted octanol–water partition coefficient (Wildman–Crippen LogP) is 3.58. The fraction of sp³-hybridized carbons (Fsp3) is 0.611. The first-order chi connectivity index (χ1) is 11.2. The van der Waals surface area contributed by atoms with Gasteiger partial charge in [0.05, 0.1) is 12.0 Å². The summed E-state index contributed by atoms with van der Waals surface area (Å²) < 4.78 is 37.8. The van der Waals surface area contributed by atoms with Gasteiger partial charge in [-0.05, 0) is 58.0 Å². The van der Waals surface area contributed by atoms with Crippen molar-refractivity contribution in [3.8, 4) is 0 Å². The highest BCUT2D eigenvalue weighted by atomic mass is 19.4. The molecule has 1 aliphatic heterocycles. The van der Waals surface area contributed by atoms with Crippen LogP contribution in [0.25, 0.3) is 0 Å². The Morgan fingerprint density at radius 2 is 1.88 bits per heavy atom. The van der Waals surface area contributed by atoms with Crippen LogP contribution < -0.4 is 0 Å². The molecule has 1 aromatic rings. The molecule has 2 unspecified atom stereocenters. The van der Waals surface area contributed by atoms with E-state index < -0.39 is 11.7 Å². The summed E-state index contributed by atoms with van der Waals surface area (Å²) in [6.45, 7) is 2.83. The Hall–Kier alpha value is -1.56. The molecule has 3 nitrogen and oxygen atoms in total. The third kappa shape index (κ3) is 4.50. The van der Waals surface area contributed by atoms with Gasteiger partial charge in [-0.15, -0.1) is 0 Å². The van der Waals surface area contributed by atoms with E-state index in [1.54, 1.807) is 0 Å². The van der Waals surface area contributed by atoms with Gasteiger partial charge in [-0.25, -0.2) is 0 Å². The van der Waals surface area contributed by atoms with Gasteiger partial charge in [0.25, 0.3) is 0 Å². The number of benzene rings is 1. The van der Waals surface area contributed by atoms with Crippen molar-refractivity contribution in [1.29, 1.82) is 0 Å². The summed E-state index contributed by atoms with van der Waals surface area (Å²) >= 11 is 0. The van der Waals surface area contributed by atoms with Crippen molar-refractivity contribution < 1.29 is 18.0 Å². The third-order valence-corrected chi connectivity index (χ3v) is 4.88. The highest BCUT2D eigenvalue weighted by Gasteiger charge is 2.32. The second-order valence-electron chi connectivity index (χ2n) is 6.73. The Kier molecular flexibility index (Phi) is 5.91. The first kappa shape index (κ1) is 18.8. The third-order valence-electron chi connectivity index (χ3n) is 4.88. The number of piperidine rings is 1. The molecule has 1 aliphatic rings. The van der Waals surface area contributed by atoms with Gasteiger partial charge in [0.1, 0.15) is 0 Å². The molecule has 2 atom stereocenters. The van der Waals surface area contributed by atoms with E-state index in [1.807, 2.05) is 19.0 Å². The average molecular weight is 342 g/mol. The van der Waals surface area contributed by atoms with Gasteiger partial charge < -0.3 is 9.80 Å². The van der Waals surface area contributed by atoms with Crippen LogP contribution in [0.15, 0.2) is 24.3 Å². The zero-order valence-corrected chi connectivity index (χ0v) is 14.4. The summed E-state index contributed by atoms with van der Waals surface area (Å²) in [4.78, 5) is 16.7. The van der Waals surface area contributed by atoms with E-state index in [9.17, 15) is 18.0 Å². The molecule has 2 rings (SSSR count). The van der Waals surface area contributed by atoms with Crippen LogP contribution in [0.3, 0.4) is 0 Å². The lowest BCUT2D eigenvalue weighted by atomic mass is 9.95. The fourth-order valence-corrected chi connectivity index (χ4v) is 3.20. The predicted molar refractivity (Wildman–Crippen MR) is 87.6 cm³/mol. The second kappa shape index (κ2) is 7.55. The first-order valence-corrected chi connectivity index (χ1v) is 8.32. The summed E-state index contributed by atoms with van der Waals surface area (Å²) in [6.07, 6.45) is -1.14. The topological polar surface area (TPSA) is 23.6 Å². The number of nitrogens with zero attached hydrogens (tertiary/aromatic N) is 2. The zero-order chi connectivity index (χ0) is 17.9. The second-order valence-corrected chi connectivity index (χ2v) is 6.73. The number of likely N-dealkylation sites (tertiary alicyclic amines) is 1. The molecule has 1 saturated heterocycles. The minimum absolute atomic E-state index is 0.00633. The van der Waals surface area contributed by atoms with E-state index >= 15 is 0 Å². The maximum absolute atomic E-state index is 12.7. The summed E-state index contributed by atoms with van der Waals surface area (Å²) in [7, 11) is 4.00. The quantitative estimate of drug-likeness (QED) is 0.835. The van der Waals surface area contributed by atoms with Crippen molar-refractivity contribution in [2.45, 2.75) is 50.9 Å². The van der Waals surface area contributed by atoms with Crippen LogP contribution in [0.2, 0.25) is 0 Å². The number of hydrogen-bond donors (Lipinski definition) is 0. The smallest absolute Gasteiger partial charge is 0.338 e. The number of carbonyl (C=O) groups is 1. The van der Waals surface area contributed by atoms with Crippen molar-refractivity contribution in [2.24, 2.45) is 0 Å². The maximum Gasteiger partial charge on any atom is 0.416 e. The number of rotatable bonds is 4. The van der Waals surface area contributed by atoms with Crippen molar-refractivity contribution in [3.63, 3.8) is 0 Å². The molecular weight excluding hydrogens is 317 g/mol. The van der Waals surface area contributed by atoms with Crippen LogP contribution in [0.4, 0.5) is 13.2 Å². The number of halogens is 3. The fourth-order valence-electron chi connectivity index (χ4n) is 3.20. The Balaban J connectivity index is 2.07. The monoisotopic (exact) mass is 342 g/mol. The van der Waals surface area contributed by atoms with Gasteiger partial charge in [-0.2, -0.15) is 13.2 Å². The molecule has 134 valence electrons. The highest BCUT2D eigenvalue weighted by Crippen LogP contribution is 2.29. The molecule has 0 aliphatic carbocycles. The summed E-state index contributed by atoms with van der Waals surface area (Å²) in [5.74, 6) is -0.00633. The molecule has 1 amide bonds. The maximum atomic E-state index is 12.7. The lowest BCUT2D eigenvalue weighted by molar-refractivity contribution is -0.137. The summed E-state index contributed by atoms with van der Waals surface area (Å²) in [6, 6.07) is 5.29. The normalized spacial score (nSPS) is 20.3. The van der Waals surface area contributed by atoms with Gasteiger partial charge in [0.2, 0.25) is 5.91 Å². The largest absolute Gasteiger partial charge is 0.416 e. The summed E-state index contributed by atoms with van der Waals surface area (Å²) in [5, 5.41) is 0. The number of likely N-dealkylation sites (N-methyl/N-ethyl adjacent to an activating group) is 1. The number of carbonyl (C=O) groups excluding carboxylic acids is 1. The van der Waals surface area contributed by atoms with Gasteiger partial charge >= 0.3 is 6.18 Å². The molecule has 1 heterocycles. The molecular formula is C18H25F3N2O. The lowest BCUT2D eigenvalue weighted by Crippen LogP contribution is -2.53. The van der Waals surface area contributed by atoms with E-state index in [-0.39, 0.29) is 24.4 Å². The Morgan fingerprint density at radius 1 is 1.25 bits per heavy atom. The average Bonchev–Trinajstić information content (AvgIpc) is 2.53. The van der Waals surface area contributed by atoms with Crippen molar-refractivity contribution in [3.05, 3.63) is 35.4 Å². The molecule has 0 N–H and O–H groups in total. The molecule has 0 radical (unpaired) electrons.